The van der Waals surface area contributed by atoms with Crippen molar-refractivity contribution in [1.82, 2.24) is 0 Å². The zero-order valence-corrected chi connectivity index (χ0v) is 52.2. The van der Waals surface area contributed by atoms with Crippen LogP contribution in [0.15, 0.2) is 60.8 Å². The summed E-state index contributed by atoms with van der Waals surface area (Å²) >= 11 is 0. The second-order valence-corrected chi connectivity index (χ2v) is 23.1. The molecule has 1 unspecified atom stereocenters. The lowest BCUT2D eigenvalue weighted by Gasteiger charge is -2.18. The fourth-order valence-corrected chi connectivity index (χ4v) is 10.2. The Hall–Kier alpha value is -2.89. The quantitative estimate of drug-likeness (QED) is 0.0261. The number of hydrogen-bond donors (Lipinski definition) is 0. The maximum Gasteiger partial charge on any atom is 0.306 e. The molecule has 6 nitrogen and oxygen atoms in total. The van der Waals surface area contributed by atoms with Gasteiger partial charge in [0.25, 0.3) is 0 Å². The van der Waals surface area contributed by atoms with Crippen LogP contribution in [0.25, 0.3) is 0 Å². The lowest BCUT2D eigenvalue weighted by atomic mass is 10.0. The maximum absolute atomic E-state index is 12.8. The van der Waals surface area contributed by atoms with Crippen molar-refractivity contribution < 1.29 is 28.6 Å². The first kappa shape index (κ1) is 75.1. The van der Waals surface area contributed by atoms with Crippen molar-refractivity contribution in [3.05, 3.63) is 60.8 Å². The van der Waals surface area contributed by atoms with Crippen LogP contribution in [0.4, 0.5) is 0 Å². The minimum Gasteiger partial charge on any atom is -0.462 e. The molecule has 454 valence electrons. The SMILES string of the molecule is CC/C=C\C/C=C\C/C=C\C/C=C\C/C=C\CCCCCC(=O)OC(COC(=O)CCCCCCCC)COC(=O)CCCCCCCCCCCCCCCCCCCCCCCCCCCCCCCCCCCCC. The number of unbranched alkanes of at least 4 members (excludes halogenated alkanes) is 42. The fraction of sp³-hybridized carbons (Fsp3) is 0.819. The van der Waals surface area contributed by atoms with Gasteiger partial charge in [0, 0.05) is 19.3 Å². The molecular weight excluding hydrogens is 961 g/mol. The van der Waals surface area contributed by atoms with Crippen molar-refractivity contribution in [1.29, 1.82) is 0 Å². The summed E-state index contributed by atoms with van der Waals surface area (Å²) < 4.78 is 16.8. The summed E-state index contributed by atoms with van der Waals surface area (Å²) in [5.74, 6) is -0.912. The van der Waals surface area contributed by atoms with E-state index in [-0.39, 0.29) is 31.1 Å². The number of esters is 3. The molecule has 0 heterocycles. The molecule has 78 heavy (non-hydrogen) atoms. The number of carbonyl (C=O) groups is 3. The summed E-state index contributed by atoms with van der Waals surface area (Å²) in [7, 11) is 0. The van der Waals surface area contributed by atoms with Crippen molar-refractivity contribution in [2.45, 2.75) is 367 Å². The van der Waals surface area contributed by atoms with E-state index in [1.165, 1.54) is 225 Å². The van der Waals surface area contributed by atoms with E-state index < -0.39 is 6.10 Å². The van der Waals surface area contributed by atoms with Gasteiger partial charge in [0.2, 0.25) is 0 Å². The van der Waals surface area contributed by atoms with Gasteiger partial charge in [-0.1, -0.05) is 338 Å². The molecule has 0 N–H and O–H groups in total. The molecule has 0 fully saturated rings. The third-order valence-electron chi connectivity index (χ3n) is 15.3. The van der Waals surface area contributed by atoms with Gasteiger partial charge in [-0.25, -0.2) is 0 Å². The van der Waals surface area contributed by atoms with Gasteiger partial charge in [-0.15, -0.1) is 0 Å². The first-order chi connectivity index (χ1) is 38.5. The fourth-order valence-electron chi connectivity index (χ4n) is 10.2. The lowest BCUT2D eigenvalue weighted by molar-refractivity contribution is -0.167. The molecule has 0 aromatic heterocycles. The monoisotopic (exact) mass is 1090 g/mol. The van der Waals surface area contributed by atoms with Gasteiger partial charge in [-0.3, -0.25) is 14.4 Å². The topological polar surface area (TPSA) is 78.9 Å². The number of allylic oxidation sites excluding steroid dienone is 10. The Balaban J connectivity index is 3.94. The molecule has 0 saturated heterocycles. The first-order valence-electron chi connectivity index (χ1n) is 34.3. The smallest absolute Gasteiger partial charge is 0.306 e. The van der Waals surface area contributed by atoms with Gasteiger partial charge in [0.15, 0.2) is 6.10 Å². The van der Waals surface area contributed by atoms with Crippen molar-refractivity contribution in [3.63, 3.8) is 0 Å². The molecule has 0 spiro atoms. The van der Waals surface area contributed by atoms with E-state index in [1.807, 2.05) is 0 Å². The lowest BCUT2D eigenvalue weighted by Crippen LogP contribution is -2.30. The van der Waals surface area contributed by atoms with Crippen LogP contribution < -0.4 is 0 Å². The highest BCUT2D eigenvalue weighted by Crippen LogP contribution is 2.18. The standard InChI is InChI=1S/C72H130O6/c1-4-7-10-13-16-18-20-22-24-26-28-29-30-31-32-33-34-35-36-37-38-39-40-41-42-43-45-46-48-50-52-54-56-59-62-65-71(74)77-68-69(67-76-70(73)64-61-58-15-12-9-6-3)78-72(75)66-63-60-57-55-53-51-49-47-44-27-25-23-21-19-17-14-11-8-5-2/h8,11,17,19,23,25,44,47,51,53,69H,4-7,9-10,12-16,18,20-22,24,26-43,45-46,48-50,52,54-68H2,1-3H3/b11-8-,19-17-,25-23-,47-44-,53-51-. The van der Waals surface area contributed by atoms with Gasteiger partial charge in [-0.2, -0.15) is 0 Å². The van der Waals surface area contributed by atoms with Gasteiger partial charge in [0.1, 0.15) is 13.2 Å². The Morgan fingerprint density at radius 1 is 0.269 bits per heavy atom. The predicted octanol–water partition coefficient (Wildman–Crippen LogP) is 23.5. The highest BCUT2D eigenvalue weighted by Gasteiger charge is 2.19. The van der Waals surface area contributed by atoms with E-state index in [4.69, 9.17) is 14.2 Å². The Kier molecular flexibility index (Phi) is 64.2. The first-order valence-corrected chi connectivity index (χ1v) is 34.3. The molecule has 0 aromatic carbocycles. The number of rotatable bonds is 63. The van der Waals surface area contributed by atoms with Crippen molar-refractivity contribution >= 4 is 17.9 Å². The van der Waals surface area contributed by atoms with Crippen LogP contribution in [0.5, 0.6) is 0 Å². The summed E-state index contributed by atoms with van der Waals surface area (Å²) in [6.45, 7) is 6.48. The Morgan fingerprint density at radius 3 is 0.782 bits per heavy atom. The van der Waals surface area contributed by atoms with Crippen molar-refractivity contribution in [3.8, 4) is 0 Å². The van der Waals surface area contributed by atoms with Crippen LogP contribution >= 0.6 is 0 Å². The molecule has 0 amide bonds. The van der Waals surface area contributed by atoms with E-state index in [0.29, 0.717) is 19.3 Å². The van der Waals surface area contributed by atoms with Crippen LogP contribution in [0.2, 0.25) is 0 Å². The zero-order chi connectivity index (χ0) is 56.4. The summed E-state index contributed by atoms with van der Waals surface area (Å²) in [4.78, 5) is 38.0. The number of ether oxygens (including phenoxy) is 3. The summed E-state index contributed by atoms with van der Waals surface area (Å²) in [6.07, 6.45) is 86.0. The number of carbonyl (C=O) groups excluding carboxylic acids is 3. The summed E-state index contributed by atoms with van der Waals surface area (Å²) in [5, 5.41) is 0. The normalized spacial score (nSPS) is 12.4. The van der Waals surface area contributed by atoms with Crippen molar-refractivity contribution in [2.75, 3.05) is 13.2 Å². The molecule has 0 aliphatic rings. The summed E-state index contributed by atoms with van der Waals surface area (Å²) in [6, 6.07) is 0. The average molecular weight is 1090 g/mol. The Bertz CT molecular complexity index is 1390. The third kappa shape index (κ3) is 63.9. The molecular formula is C72H130O6. The molecule has 0 aliphatic carbocycles. The molecule has 0 radical (unpaired) electrons. The largest absolute Gasteiger partial charge is 0.462 e. The molecule has 0 aliphatic heterocycles. The molecule has 1 atom stereocenters. The zero-order valence-electron chi connectivity index (χ0n) is 52.2. The van der Waals surface area contributed by atoms with Gasteiger partial charge < -0.3 is 14.2 Å². The van der Waals surface area contributed by atoms with E-state index in [2.05, 4.69) is 81.5 Å². The molecule has 6 heteroatoms. The minimum absolute atomic E-state index is 0.0847. The van der Waals surface area contributed by atoms with Crippen LogP contribution in [-0.4, -0.2) is 37.2 Å². The maximum atomic E-state index is 12.8. The van der Waals surface area contributed by atoms with Crippen LogP contribution in [-0.2, 0) is 28.6 Å². The third-order valence-corrected chi connectivity index (χ3v) is 15.3. The van der Waals surface area contributed by atoms with E-state index >= 15 is 0 Å². The predicted molar refractivity (Wildman–Crippen MR) is 339 cm³/mol. The average Bonchev–Trinajstić information content (AvgIpc) is 3.44. The highest BCUT2D eigenvalue weighted by atomic mass is 16.6. The van der Waals surface area contributed by atoms with Crippen LogP contribution in [0.3, 0.4) is 0 Å². The van der Waals surface area contributed by atoms with Gasteiger partial charge in [0.05, 0.1) is 0 Å². The molecule has 0 bridgehead atoms. The molecule has 0 rings (SSSR count). The Morgan fingerprint density at radius 2 is 0.500 bits per heavy atom. The Labute approximate surface area is 485 Å². The second kappa shape index (κ2) is 66.6. The van der Waals surface area contributed by atoms with E-state index in [0.717, 1.165) is 96.3 Å². The van der Waals surface area contributed by atoms with E-state index in [1.54, 1.807) is 0 Å². The van der Waals surface area contributed by atoms with E-state index in [9.17, 15) is 14.4 Å². The minimum atomic E-state index is -0.788. The molecule has 0 aromatic rings. The van der Waals surface area contributed by atoms with Crippen LogP contribution in [0, 0.1) is 0 Å². The molecule has 0 saturated carbocycles. The van der Waals surface area contributed by atoms with Crippen LogP contribution in [0.1, 0.15) is 361 Å². The second-order valence-electron chi connectivity index (χ2n) is 23.1. The van der Waals surface area contributed by atoms with Gasteiger partial charge >= 0.3 is 17.9 Å². The van der Waals surface area contributed by atoms with Gasteiger partial charge in [-0.05, 0) is 64.2 Å². The highest BCUT2D eigenvalue weighted by molar-refractivity contribution is 5.71. The number of hydrogen-bond acceptors (Lipinski definition) is 6. The van der Waals surface area contributed by atoms with Crippen molar-refractivity contribution in [2.24, 2.45) is 0 Å². The summed E-state index contributed by atoms with van der Waals surface area (Å²) in [5.41, 5.74) is 0.